The summed E-state index contributed by atoms with van der Waals surface area (Å²) in [5.41, 5.74) is 2.08. The molecule has 0 spiro atoms. The first kappa shape index (κ1) is 15.5. The zero-order valence-electron chi connectivity index (χ0n) is 13.1. The summed E-state index contributed by atoms with van der Waals surface area (Å²) in [5.74, 6) is -0.0894. The molecule has 23 heavy (non-hydrogen) atoms. The van der Waals surface area contributed by atoms with Crippen LogP contribution in [-0.2, 0) is 11.2 Å². The second-order valence-electron chi connectivity index (χ2n) is 5.83. The minimum absolute atomic E-state index is 0.155. The Labute approximate surface area is 136 Å². The van der Waals surface area contributed by atoms with E-state index < -0.39 is 0 Å². The molecule has 1 heterocycles. The number of amides is 1. The fourth-order valence-corrected chi connectivity index (χ4v) is 2.95. The van der Waals surface area contributed by atoms with E-state index in [-0.39, 0.29) is 11.7 Å². The highest BCUT2D eigenvalue weighted by Gasteiger charge is 2.20. The molecule has 1 aliphatic rings. The normalized spacial score (nSPS) is 14.8. The monoisotopic (exact) mass is 312 g/mol. The molecule has 0 saturated carbocycles. The van der Waals surface area contributed by atoms with E-state index in [0.29, 0.717) is 12.8 Å². The van der Waals surface area contributed by atoms with Crippen LogP contribution in [0.3, 0.4) is 0 Å². The number of halogens is 1. The molecule has 0 radical (unpaired) electrons. The van der Waals surface area contributed by atoms with Gasteiger partial charge in [0.15, 0.2) is 0 Å². The maximum absolute atomic E-state index is 13.1. The van der Waals surface area contributed by atoms with E-state index in [1.165, 1.54) is 17.8 Å². The van der Waals surface area contributed by atoms with E-state index in [1.54, 1.807) is 6.07 Å². The van der Waals surface area contributed by atoms with Gasteiger partial charge >= 0.3 is 0 Å². The molecule has 2 aromatic carbocycles. The Hall–Kier alpha value is -2.36. The van der Waals surface area contributed by atoms with Crippen LogP contribution in [0.15, 0.2) is 54.6 Å². The predicted octanol–water partition coefficient (Wildman–Crippen LogP) is 3.11. The highest BCUT2D eigenvalue weighted by molar-refractivity contribution is 5.76. The highest BCUT2D eigenvalue weighted by Crippen LogP contribution is 2.16. The van der Waals surface area contributed by atoms with Crippen molar-refractivity contribution in [2.75, 3.05) is 31.1 Å². The molecule has 1 fully saturated rings. The van der Waals surface area contributed by atoms with Crippen molar-refractivity contribution in [2.45, 2.75) is 12.8 Å². The molecule has 0 atom stereocenters. The number of carbonyl (C=O) groups excluding carboxylic acids is 1. The summed E-state index contributed by atoms with van der Waals surface area (Å²) in [6.45, 7) is 3.21. The van der Waals surface area contributed by atoms with Gasteiger partial charge in [0.1, 0.15) is 5.82 Å². The van der Waals surface area contributed by atoms with Crippen LogP contribution in [0.5, 0.6) is 0 Å². The number of hydrogen-bond acceptors (Lipinski definition) is 2. The van der Waals surface area contributed by atoms with Gasteiger partial charge in [-0.15, -0.1) is 0 Å². The van der Waals surface area contributed by atoms with Crippen LogP contribution in [0.25, 0.3) is 0 Å². The van der Waals surface area contributed by atoms with Crippen molar-refractivity contribution in [3.63, 3.8) is 0 Å². The fourth-order valence-electron chi connectivity index (χ4n) is 2.95. The van der Waals surface area contributed by atoms with Crippen molar-refractivity contribution >= 4 is 11.6 Å². The molecular weight excluding hydrogens is 291 g/mol. The number of hydrogen-bond donors (Lipinski definition) is 0. The summed E-state index contributed by atoms with van der Waals surface area (Å²) in [6.07, 6.45) is 1.03. The van der Waals surface area contributed by atoms with Crippen molar-refractivity contribution in [3.8, 4) is 0 Å². The van der Waals surface area contributed by atoms with Gasteiger partial charge in [0, 0.05) is 38.3 Å². The van der Waals surface area contributed by atoms with Gasteiger partial charge in [0.2, 0.25) is 5.91 Å². The minimum atomic E-state index is -0.244. The predicted molar refractivity (Wildman–Crippen MR) is 90.0 cm³/mol. The molecule has 0 N–H and O–H groups in total. The van der Waals surface area contributed by atoms with Crippen molar-refractivity contribution < 1.29 is 9.18 Å². The Bertz CT molecular complexity index is 651. The maximum Gasteiger partial charge on any atom is 0.223 e. The number of benzene rings is 2. The zero-order chi connectivity index (χ0) is 16.1. The Morgan fingerprint density at radius 3 is 2.39 bits per heavy atom. The van der Waals surface area contributed by atoms with Crippen molar-refractivity contribution in [2.24, 2.45) is 0 Å². The third-order valence-electron chi connectivity index (χ3n) is 4.27. The molecule has 0 bridgehead atoms. The van der Waals surface area contributed by atoms with Crippen molar-refractivity contribution in [3.05, 3.63) is 66.0 Å². The number of carbonyl (C=O) groups is 1. The molecular formula is C19H21FN2O. The molecule has 3 rings (SSSR count). The molecule has 2 aromatic rings. The van der Waals surface area contributed by atoms with E-state index in [9.17, 15) is 9.18 Å². The zero-order valence-corrected chi connectivity index (χ0v) is 13.1. The van der Waals surface area contributed by atoms with Crippen LogP contribution in [0.1, 0.15) is 12.0 Å². The van der Waals surface area contributed by atoms with Gasteiger partial charge in [-0.1, -0.05) is 30.3 Å². The van der Waals surface area contributed by atoms with Crippen LogP contribution in [-0.4, -0.2) is 37.0 Å². The molecule has 0 aliphatic carbocycles. The average molecular weight is 312 g/mol. The Kier molecular flexibility index (Phi) is 4.91. The fraction of sp³-hybridized carbons (Fsp3) is 0.316. The van der Waals surface area contributed by atoms with Gasteiger partial charge in [0.05, 0.1) is 0 Å². The van der Waals surface area contributed by atoms with Crippen LogP contribution in [0.4, 0.5) is 10.1 Å². The quantitative estimate of drug-likeness (QED) is 0.866. The standard InChI is InChI=1S/C19H21FN2O/c20-17-6-4-5-16(15-17)9-10-19(23)22-13-11-21(12-14-22)18-7-2-1-3-8-18/h1-8,15H,9-14H2. The summed E-state index contributed by atoms with van der Waals surface area (Å²) in [7, 11) is 0. The van der Waals surface area contributed by atoms with Gasteiger partial charge in [-0.25, -0.2) is 4.39 Å². The van der Waals surface area contributed by atoms with E-state index >= 15 is 0 Å². The minimum Gasteiger partial charge on any atom is -0.368 e. The van der Waals surface area contributed by atoms with Gasteiger partial charge < -0.3 is 9.80 Å². The maximum atomic E-state index is 13.1. The number of rotatable bonds is 4. The topological polar surface area (TPSA) is 23.6 Å². The van der Waals surface area contributed by atoms with E-state index in [0.717, 1.165) is 31.7 Å². The largest absolute Gasteiger partial charge is 0.368 e. The Morgan fingerprint density at radius 1 is 0.957 bits per heavy atom. The number of piperazine rings is 1. The number of anilines is 1. The molecule has 1 aliphatic heterocycles. The number of aryl methyl sites for hydroxylation is 1. The van der Waals surface area contributed by atoms with Gasteiger partial charge in [0.25, 0.3) is 0 Å². The summed E-state index contributed by atoms with van der Waals surface area (Å²) in [6, 6.07) is 16.8. The summed E-state index contributed by atoms with van der Waals surface area (Å²) >= 11 is 0. The van der Waals surface area contributed by atoms with Gasteiger partial charge in [-0.2, -0.15) is 0 Å². The highest BCUT2D eigenvalue weighted by atomic mass is 19.1. The third-order valence-corrected chi connectivity index (χ3v) is 4.27. The number of para-hydroxylation sites is 1. The third kappa shape index (κ3) is 4.09. The molecule has 1 saturated heterocycles. The summed E-state index contributed by atoms with van der Waals surface area (Å²) in [5, 5.41) is 0. The smallest absolute Gasteiger partial charge is 0.223 e. The van der Waals surface area contributed by atoms with Crippen molar-refractivity contribution in [1.29, 1.82) is 0 Å². The van der Waals surface area contributed by atoms with E-state index in [4.69, 9.17) is 0 Å². The molecule has 0 unspecified atom stereocenters. The lowest BCUT2D eigenvalue weighted by Crippen LogP contribution is -2.48. The SMILES string of the molecule is O=C(CCc1cccc(F)c1)N1CCN(c2ccccc2)CC1. The number of nitrogens with zero attached hydrogens (tertiary/aromatic N) is 2. The molecule has 1 amide bonds. The Morgan fingerprint density at radius 2 is 1.70 bits per heavy atom. The summed E-state index contributed by atoms with van der Waals surface area (Å²) < 4.78 is 13.1. The second kappa shape index (κ2) is 7.27. The molecule has 4 heteroatoms. The molecule has 120 valence electrons. The summed E-state index contributed by atoms with van der Waals surface area (Å²) in [4.78, 5) is 16.5. The lowest BCUT2D eigenvalue weighted by atomic mass is 10.1. The Balaban J connectivity index is 1.48. The average Bonchev–Trinajstić information content (AvgIpc) is 2.61. The molecule has 0 aromatic heterocycles. The second-order valence-corrected chi connectivity index (χ2v) is 5.83. The first-order valence-corrected chi connectivity index (χ1v) is 8.04. The lowest BCUT2D eigenvalue weighted by molar-refractivity contribution is -0.131. The van der Waals surface area contributed by atoms with Gasteiger partial charge in [-0.3, -0.25) is 4.79 Å². The lowest BCUT2D eigenvalue weighted by Gasteiger charge is -2.36. The van der Waals surface area contributed by atoms with Crippen LogP contribution < -0.4 is 4.90 Å². The van der Waals surface area contributed by atoms with E-state index in [1.807, 2.05) is 29.2 Å². The van der Waals surface area contributed by atoms with Crippen molar-refractivity contribution in [1.82, 2.24) is 4.90 Å². The van der Waals surface area contributed by atoms with E-state index in [2.05, 4.69) is 17.0 Å². The first-order valence-electron chi connectivity index (χ1n) is 8.04. The first-order chi connectivity index (χ1) is 11.2. The van der Waals surface area contributed by atoms with Crippen LogP contribution in [0.2, 0.25) is 0 Å². The molecule has 3 nitrogen and oxygen atoms in total. The van der Waals surface area contributed by atoms with Crippen LogP contribution >= 0.6 is 0 Å². The van der Waals surface area contributed by atoms with Crippen LogP contribution in [0, 0.1) is 5.82 Å². The van der Waals surface area contributed by atoms with Gasteiger partial charge in [-0.05, 0) is 36.2 Å².